The molecule has 2 aromatic rings. The van der Waals surface area contributed by atoms with Gasteiger partial charge in [-0.05, 0) is 25.0 Å². The second-order valence-electron chi connectivity index (χ2n) is 5.04. The summed E-state index contributed by atoms with van der Waals surface area (Å²) in [4.78, 5) is 11.8. The van der Waals surface area contributed by atoms with Crippen molar-refractivity contribution in [1.82, 2.24) is 14.9 Å². The Morgan fingerprint density at radius 2 is 2.04 bits per heavy atom. The zero-order chi connectivity index (χ0) is 16.6. The van der Waals surface area contributed by atoms with Crippen LogP contribution in [0.1, 0.15) is 24.6 Å². The monoisotopic (exact) mass is 343 g/mol. The maximum Gasteiger partial charge on any atom is 0.234 e. The molecule has 1 aromatic carbocycles. The van der Waals surface area contributed by atoms with Gasteiger partial charge in [0, 0.05) is 5.92 Å². The summed E-state index contributed by atoms with van der Waals surface area (Å²) < 4.78 is 40.7. The fourth-order valence-electron chi connectivity index (χ4n) is 1.95. The molecule has 0 atom stereocenters. The molecule has 1 saturated carbocycles. The number of anilines is 1. The normalized spacial score (nSPS) is 14.0. The lowest BCUT2D eigenvalue weighted by molar-refractivity contribution is -0.113. The highest BCUT2D eigenvalue weighted by molar-refractivity contribution is 7.99. The van der Waals surface area contributed by atoms with Crippen molar-refractivity contribution >= 4 is 23.4 Å². The van der Waals surface area contributed by atoms with E-state index in [0.29, 0.717) is 16.9 Å². The first kappa shape index (κ1) is 15.7. The third kappa shape index (κ3) is 3.26. The zero-order valence-electron chi connectivity index (χ0n) is 11.7. The second-order valence-corrected chi connectivity index (χ2v) is 5.99. The van der Waals surface area contributed by atoms with Crippen molar-refractivity contribution in [3.05, 3.63) is 35.4 Å². The first-order valence-corrected chi connectivity index (χ1v) is 7.72. The number of aromatic nitrogens is 3. The third-order valence-electron chi connectivity index (χ3n) is 3.28. The Hall–Kier alpha value is -2.23. The number of benzene rings is 1. The minimum absolute atomic E-state index is 0.127. The number of hydrogen-bond acceptors (Lipinski definition) is 5. The summed E-state index contributed by atoms with van der Waals surface area (Å²) in [7, 11) is 0. The molecule has 1 heterocycles. The van der Waals surface area contributed by atoms with E-state index >= 15 is 0 Å². The number of hydrogen-bond donors (Lipinski definition) is 2. The summed E-state index contributed by atoms with van der Waals surface area (Å²) >= 11 is 1.02. The van der Waals surface area contributed by atoms with Crippen molar-refractivity contribution in [2.75, 3.05) is 16.9 Å². The first-order chi connectivity index (χ1) is 11.0. The van der Waals surface area contributed by atoms with E-state index in [-0.39, 0.29) is 5.75 Å². The number of nitrogens with two attached hydrogens (primary N) is 1. The molecule has 0 unspecified atom stereocenters. The van der Waals surface area contributed by atoms with Gasteiger partial charge in [-0.25, -0.2) is 17.8 Å². The molecule has 0 spiro atoms. The van der Waals surface area contributed by atoms with Crippen LogP contribution >= 0.6 is 11.8 Å². The summed E-state index contributed by atoms with van der Waals surface area (Å²) in [5.41, 5.74) is -0.428. The van der Waals surface area contributed by atoms with Crippen molar-refractivity contribution in [2.24, 2.45) is 0 Å². The van der Waals surface area contributed by atoms with Crippen molar-refractivity contribution in [3.8, 4) is 0 Å². The molecule has 1 aromatic heterocycles. The molecule has 0 bridgehead atoms. The molecule has 1 aliphatic rings. The average molecular weight is 343 g/mol. The van der Waals surface area contributed by atoms with E-state index in [1.807, 2.05) is 0 Å². The molecular weight excluding hydrogens is 331 g/mol. The van der Waals surface area contributed by atoms with Crippen molar-refractivity contribution in [1.29, 1.82) is 0 Å². The van der Waals surface area contributed by atoms with Crippen LogP contribution in [-0.4, -0.2) is 26.5 Å². The van der Waals surface area contributed by atoms with E-state index < -0.39 is 29.0 Å². The number of thioether (sulfide) groups is 1. The Labute approximate surface area is 133 Å². The van der Waals surface area contributed by atoms with Gasteiger partial charge in [0.1, 0.15) is 0 Å². The number of nitrogen functional groups attached to an aromatic ring is 1. The second kappa shape index (κ2) is 6.11. The lowest BCUT2D eigenvalue weighted by Gasteiger charge is -2.07. The summed E-state index contributed by atoms with van der Waals surface area (Å²) in [5.74, 6) is 1.69. The highest BCUT2D eigenvalue weighted by Gasteiger charge is 2.30. The quantitative estimate of drug-likeness (QED) is 0.493. The van der Waals surface area contributed by atoms with Gasteiger partial charge in [0.25, 0.3) is 0 Å². The lowest BCUT2D eigenvalue weighted by atomic mass is 10.3. The van der Waals surface area contributed by atoms with Crippen LogP contribution in [-0.2, 0) is 4.79 Å². The average Bonchev–Trinajstić information content (AvgIpc) is 3.30. The van der Waals surface area contributed by atoms with Gasteiger partial charge in [-0.1, -0.05) is 11.8 Å². The molecule has 3 rings (SSSR count). The Balaban J connectivity index is 1.61. The number of nitrogens with one attached hydrogen (secondary N) is 1. The lowest BCUT2D eigenvalue weighted by Crippen LogP contribution is -2.18. The third-order valence-corrected chi connectivity index (χ3v) is 4.22. The van der Waals surface area contributed by atoms with Gasteiger partial charge in [0.05, 0.1) is 11.4 Å². The fourth-order valence-corrected chi connectivity index (χ4v) is 2.61. The van der Waals surface area contributed by atoms with E-state index in [0.717, 1.165) is 36.7 Å². The zero-order valence-corrected chi connectivity index (χ0v) is 12.5. The van der Waals surface area contributed by atoms with E-state index in [9.17, 15) is 18.0 Å². The number of amides is 1. The van der Waals surface area contributed by atoms with Crippen LogP contribution in [0.3, 0.4) is 0 Å². The molecule has 1 fully saturated rings. The molecule has 1 aliphatic carbocycles. The van der Waals surface area contributed by atoms with Gasteiger partial charge in [-0.15, -0.1) is 10.2 Å². The molecule has 6 nitrogen and oxygen atoms in total. The van der Waals surface area contributed by atoms with Gasteiger partial charge in [-0.3, -0.25) is 4.79 Å². The van der Waals surface area contributed by atoms with Crippen LogP contribution < -0.4 is 11.2 Å². The predicted octanol–water partition coefficient (Wildman–Crippen LogP) is 2.02. The highest BCUT2D eigenvalue weighted by atomic mass is 32.2. The van der Waals surface area contributed by atoms with Gasteiger partial charge in [0.15, 0.2) is 23.3 Å². The minimum atomic E-state index is -1.63. The predicted molar refractivity (Wildman–Crippen MR) is 77.8 cm³/mol. The number of nitrogens with zero attached hydrogens (tertiary/aromatic N) is 3. The van der Waals surface area contributed by atoms with Crippen LogP contribution in [0.2, 0.25) is 0 Å². The topological polar surface area (TPSA) is 85.8 Å². The van der Waals surface area contributed by atoms with Crippen LogP contribution in [0.4, 0.5) is 18.9 Å². The van der Waals surface area contributed by atoms with Crippen LogP contribution in [0, 0.1) is 17.5 Å². The van der Waals surface area contributed by atoms with Gasteiger partial charge in [-0.2, -0.15) is 0 Å². The SMILES string of the molecule is Nn1c(SCC(=O)Nc2ccc(F)c(F)c2F)nnc1C1CC1. The molecule has 3 N–H and O–H groups in total. The Bertz CT molecular complexity index is 762. The summed E-state index contributed by atoms with van der Waals surface area (Å²) in [6.45, 7) is 0. The van der Waals surface area contributed by atoms with Gasteiger partial charge >= 0.3 is 0 Å². The van der Waals surface area contributed by atoms with Crippen LogP contribution in [0.5, 0.6) is 0 Å². The summed E-state index contributed by atoms with van der Waals surface area (Å²) in [6, 6.07) is 1.69. The molecular formula is C13H12F3N5OS. The number of carbonyl (C=O) groups excluding carboxylic acids is 1. The maximum atomic E-state index is 13.5. The minimum Gasteiger partial charge on any atom is -0.336 e. The Morgan fingerprint density at radius 3 is 2.74 bits per heavy atom. The molecule has 0 radical (unpaired) electrons. The number of rotatable bonds is 5. The van der Waals surface area contributed by atoms with Crippen molar-refractivity contribution < 1.29 is 18.0 Å². The van der Waals surface area contributed by atoms with Gasteiger partial charge < -0.3 is 11.2 Å². The van der Waals surface area contributed by atoms with E-state index in [1.165, 1.54) is 4.68 Å². The van der Waals surface area contributed by atoms with E-state index in [4.69, 9.17) is 5.84 Å². The molecule has 0 aliphatic heterocycles. The van der Waals surface area contributed by atoms with Crippen molar-refractivity contribution in [3.63, 3.8) is 0 Å². The first-order valence-electron chi connectivity index (χ1n) is 6.74. The van der Waals surface area contributed by atoms with Crippen LogP contribution in [0.15, 0.2) is 17.3 Å². The van der Waals surface area contributed by atoms with Crippen LogP contribution in [0.25, 0.3) is 0 Å². The molecule has 1 amide bonds. The standard InChI is InChI=1S/C13H12F3N5OS/c14-7-3-4-8(11(16)10(7)15)18-9(22)5-23-13-20-19-12(21(13)17)6-1-2-6/h3-4,6H,1-2,5,17H2,(H,18,22). The molecule has 122 valence electrons. The van der Waals surface area contributed by atoms with E-state index in [1.54, 1.807) is 0 Å². The van der Waals surface area contributed by atoms with Gasteiger partial charge in [0.2, 0.25) is 11.1 Å². The summed E-state index contributed by atoms with van der Waals surface area (Å²) in [6.07, 6.45) is 2.02. The molecule has 10 heteroatoms. The number of carbonyl (C=O) groups is 1. The fraction of sp³-hybridized carbons (Fsp3) is 0.308. The molecule has 23 heavy (non-hydrogen) atoms. The molecule has 0 saturated heterocycles. The maximum absolute atomic E-state index is 13.5. The smallest absolute Gasteiger partial charge is 0.234 e. The van der Waals surface area contributed by atoms with E-state index in [2.05, 4.69) is 15.5 Å². The highest BCUT2D eigenvalue weighted by Crippen LogP contribution is 2.39. The number of halogens is 3. The van der Waals surface area contributed by atoms with Crippen molar-refractivity contribution in [2.45, 2.75) is 23.9 Å². The Kier molecular flexibility index (Phi) is 4.16. The Morgan fingerprint density at radius 1 is 1.30 bits per heavy atom. The summed E-state index contributed by atoms with van der Waals surface area (Å²) in [5, 5.41) is 10.4. The largest absolute Gasteiger partial charge is 0.336 e.